The highest BCUT2D eigenvalue weighted by atomic mass is 79.9. The van der Waals surface area contributed by atoms with E-state index in [-0.39, 0.29) is 5.91 Å². The van der Waals surface area contributed by atoms with Gasteiger partial charge in [0.15, 0.2) is 0 Å². The van der Waals surface area contributed by atoms with E-state index in [1.54, 1.807) is 13.0 Å². The number of rotatable bonds is 4. The van der Waals surface area contributed by atoms with E-state index in [0.29, 0.717) is 23.0 Å². The van der Waals surface area contributed by atoms with Gasteiger partial charge in [0.1, 0.15) is 17.3 Å². The highest BCUT2D eigenvalue weighted by molar-refractivity contribution is 9.10. The van der Waals surface area contributed by atoms with Crippen molar-refractivity contribution in [1.82, 2.24) is 9.97 Å². The maximum atomic E-state index is 12.5. The highest BCUT2D eigenvalue weighted by Gasteiger charge is 2.14. The minimum atomic E-state index is -0.268. The van der Waals surface area contributed by atoms with Gasteiger partial charge < -0.3 is 10.2 Å². The van der Waals surface area contributed by atoms with Crippen molar-refractivity contribution < 1.29 is 4.79 Å². The molecule has 0 spiro atoms. The van der Waals surface area contributed by atoms with Crippen molar-refractivity contribution in [2.75, 3.05) is 17.3 Å². The Morgan fingerprint density at radius 3 is 2.40 bits per heavy atom. The molecule has 0 bridgehead atoms. The van der Waals surface area contributed by atoms with Gasteiger partial charge in [-0.1, -0.05) is 34.1 Å². The van der Waals surface area contributed by atoms with Gasteiger partial charge >= 0.3 is 0 Å². The lowest BCUT2D eigenvalue weighted by molar-refractivity contribution is 0.102. The quantitative estimate of drug-likeness (QED) is 0.701. The van der Waals surface area contributed by atoms with Crippen LogP contribution in [0.1, 0.15) is 16.3 Å². The largest absolute Gasteiger partial charge is 0.329 e. The topological polar surface area (TPSA) is 58.1 Å². The van der Waals surface area contributed by atoms with Crippen LogP contribution >= 0.6 is 15.9 Å². The number of anilines is 3. The lowest BCUT2D eigenvalue weighted by Crippen LogP contribution is -2.18. The van der Waals surface area contributed by atoms with Crippen molar-refractivity contribution in [3.63, 3.8) is 0 Å². The molecule has 126 valence electrons. The Kier molecular flexibility index (Phi) is 5.09. The third-order valence-electron chi connectivity index (χ3n) is 3.65. The van der Waals surface area contributed by atoms with Crippen molar-refractivity contribution in [3.8, 4) is 0 Å². The molecule has 0 radical (unpaired) electrons. The number of para-hydroxylation sites is 1. The summed E-state index contributed by atoms with van der Waals surface area (Å²) in [6.45, 7) is 1.78. The summed E-state index contributed by atoms with van der Waals surface area (Å²) in [6, 6.07) is 18.9. The molecule has 0 aliphatic heterocycles. The second-order valence-corrected chi connectivity index (χ2v) is 6.43. The molecule has 3 aromatic rings. The van der Waals surface area contributed by atoms with E-state index in [2.05, 4.69) is 31.2 Å². The van der Waals surface area contributed by atoms with Gasteiger partial charge in [0.05, 0.1) is 0 Å². The molecule has 0 saturated heterocycles. The summed E-state index contributed by atoms with van der Waals surface area (Å²) < 4.78 is 0.954. The van der Waals surface area contributed by atoms with E-state index in [4.69, 9.17) is 0 Å². The van der Waals surface area contributed by atoms with Crippen LogP contribution in [-0.4, -0.2) is 22.9 Å². The predicted molar refractivity (Wildman–Crippen MR) is 103 cm³/mol. The monoisotopic (exact) mass is 396 g/mol. The number of aryl methyl sites for hydroxylation is 1. The molecule has 1 aromatic heterocycles. The zero-order valence-electron chi connectivity index (χ0n) is 13.9. The Labute approximate surface area is 154 Å². The van der Waals surface area contributed by atoms with Gasteiger partial charge in [0.2, 0.25) is 0 Å². The molecular weight excluding hydrogens is 380 g/mol. The number of halogens is 1. The Morgan fingerprint density at radius 2 is 1.72 bits per heavy atom. The first-order valence-corrected chi connectivity index (χ1v) is 8.53. The standard InChI is InChI=1S/C19H17BrN4O/c1-13-21-17(19(25)23-15-10-8-14(20)9-11-15)12-18(22-13)24(2)16-6-4-3-5-7-16/h3-12H,1-2H3,(H,23,25). The fraction of sp³-hybridized carbons (Fsp3) is 0.105. The molecule has 25 heavy (non-hydrogen) atoms. The van der Waals surface area contributed by atoms with Crippen LogP contribution in [0, 0.1) is 6.92 Å². The summed E-state index contributed by atoms with van der Waals surface area (Å²) in [7, 11) is 1.91. The first-order valence-electron chi connectivity index (χ1n) is 7.74. The molecule has 0 saturated carbocycles. The van der Waals surface area contributed by atoms with Crippen molar-refractivity contribution in [1.29, 1.82) is 0 Å². The van der Waals surface area contributed by atoms with Crippen LogP contribution in [0.4, 0.5) is 17.2 Å². The first kappa shape index (κ1) is 17.1. The predicted octanol–water partition coefficient (Wildman–Crippen LogP) is 4.57. The van der Waals surface area contributed by atoms with Crippen LogP contribution in [0.3, 0.4) is 0 Å². The van der Waals surface area contributed by atoms with E-state index in [0.717, 1.165) is 10.2 Å². The van der Waals surface area contributed by atoms with Gasteiger partial charge in [0, 0.05) is 29.0 Å². The molecule has 1 N–H and O–H groups in total. The minimum Gasteiger partial charge on any atom is -0.329 e. The average molecular weight is 397 g/mol. The SMILES string of the molecule is Cc1nc(C(=O)Nc2ccc(Br)cc2)cc(N(C)c2ccccc2)n1. The Morgan fingerprint density at radius 1 is 1.04 bits per heavy atom. The maximum Gasteiger partial charge on any atom is 0.274 e. The minimum absolute atomic E-state index is 0.268. The lowest BCUT2D eigenvalue weighted by atomic mass is 10.2. The number of hydrogen-bond acceptors (Lipinski definition) is 4. The molecule has 2 aromatic carbocycles. The van der Waals surface area contributed by atoms with Gasteiger partial charge in [0.25, 0.3) is 5.91 Å². The second-order valence-electron chi connectivity index (χ2n) is 5.51. The van der Waals surface area contributed by atoms with Crippen molar-refractivity contribution in [2.24, 2.45) is 0 Å². The number of amides is 1. The zero-order valence-corrected chi connectivity index (χ0v) is 15.5. The molecule has 1 heterocycles. The van der Waals surface area contributed by atoms with Gasteiger partial charge in [-0.05, 0) is 43.3 Å². The van der Waals surface area contributed by atoms with Crippen molar-refractivity contribution in [2.45, 2.75) is 6.92 Å². The van der Waals surface area contributed by atoms with Crippen molar-refractivity contribution in [3.05, 3.63) is 76.7 Å². The molecule has 5 nitrogen and oxygen atoms in total. The number of aromatic nitrogens is 2. The maximum absolute atomic E-state index is 12.5. The average Bonchev–Trinajstić information content (AvgIpc) is 2.63. The molecule has 0 aliphatic rings. The molecule has 3 rings (SSSR count). The summed E-state index contributed by atoms with van der Waals surface area (Å²) in [5.41, 5.74) is 2.02. The molecule has 0 fully saturated rings. The number of hydrogen-bond donors (Lipinski definition) is 1. The Balaban J connectivity index is 1.86. The van der Waals surface area contributed by atoms with Crippen LogP contribution in [0.2, 0.25) is 0 Å². The number of carbonyl (C=O) groups excluding carboxylic acids is 1. The van der Waals surface area contributed by atoms with Crippen LogP contribution in [0.15, 0.2) is 65.1 Å². The third-order valence-corrected chi connectivity index (χ3v) is 4.17. The molecule has 1 amide bonds. The normalized spacial score (nSPS) is 10.4. The van der Waals surface area contributed by atoms with Gasteiger partial charge in [-0.15, -0.1) is 0 Å². The van der Waals surface area contributed by atoms with E-state index in [1.807, 2.05) is 66.5 Å². The summed E-state index contributed by atoms with van der Waals surface area (Å²) in [5, 5.41) is 2.85. The molecular formula is C19H17BrN4O. The van der Waals surface area contributed by atoms with Crippen molar-refractivity contribution >= 4 is 39.0 Å². The van der Waals surface area contributed by atoms with Gasteiger partial charge in [-0.2, -0.15) is 0 Å². The summed E-state index contributed by atoms with van der Waals surface area (Å²) >= 11 is 3.37. The van der Waals surface area contributed by atoms with Crippen LogP contribution in [0.5, 0.6) is 0 Å². The lowest BCUT2D eigenvalue weighted by Gasteiger charge is -2.19. The summed E-state index contributed by atoms with van der Waals surface area (Å²) in [5.74, 6) is 0.941. The third kappa shape index (κ3) is 4.22. The number of nitrogens with one attached hydrogen (secondary N) is 1. The fourth-order valence-electron chi connectivity index (χ4n) is 2.35. The van der Waals surface area contributed by atoms with Gasteiger partial charge in [-0.3, -0.25) is 4.79 Å². The number of carbonyl (C=O) groups is 1. The number of nitrogens with zero attached hydrogens (tertiary/aromatic N) is 3. The Bertz CT molecular complexity index is 882. The zero-order chi connectivity index (χ0) is 17.8. The van der Waals surface area contributed by atoms with Gasteiger partial charge in [-0.25, -0.2) is 9.97 Å². The molecule has 0 atom stereocenters. The van der Waals surface area contributed by atoms with Crippen LogP contribution in [-0.2, 0) is 0 Å². The molecule has 6 heteroatoms. The highest BCUT2D eigenvalue weighted by Crippen LogP contribution is 2.22. The Hall–Kier alpha value is -2.73. The second kappa shape index (κ2) is 7.44. The van der Waals surface area contributed by atoms with Crippen LogP contribution in [0.25, 0.3) is 0 Å². The summed E-state index contributed by atoms with van der Waals surface area (Å²) in [6.07, 6.45) is 0. The fourth-order valence-corrected chi connectivity index (χ4v) is 2.62. The van der Waals surface area contributed by atoms with Crippen LogP contribution < -0.4 is 10.2 Å². The van der Waals surface area contributed by atoms with E-state index < -0.39 is 0 Å². The molecule has 0 aliphatic carbocycles. The van der Waals surface area contributed by atoms with E-state index in [9.17, 15) is 4.79 Å². The van der Waals surface area contributed by atoms with E-state index in [1.165, 1.54) is 0 Å². The number of benzene rings is 2. The first-order chi connectivity index (χ1) is 12.0. The molecule has 0 unspecified atom stereocenters. The van der Waals surface area contributed by atoms with E-state index >= 15 is 0 Å². The smallest absolute Gasteiger partial charge is 0.274 e. The summed E-state index contributed by atoms with van der Waals surface area (Å²) in [4.78, 5) is 23.2.